The first-order valence-electron chi connectivity index (χ1n) is 21.7. The van der Waals surface area contributed by atoms with Crippen LogP contribution < -0.4 is 0 Å². The first-order chi connectivity index (χ1) is 31.7. The van der Waals surface area contributed by atoms with E-state index in [1.807, 2.05) is 0 Å². The van der Waals surface area contributed by atoms with Crippen molar-refractivity contribution in [3.63, 3.8) is 0 Å². The van der Waals surface area contributed by atoms with Crippen LogP contribution in [0.4, 0.5) is 0 Å². The number of hydrogen-bond acceptors (Lipinski definition) is 4. The molecule has 0 fully saturated rings. The van der Waals surface area contributed by atoms with Crippen molar-refractivity contribution in [1.82, 2.24) is 19.5 Å². The number of para-hydroxylation sites is 1. The predicted molar refractivity (Wildman–Crippen MR) is 265 cm³/mol. The molecule has 0 atom stereocenters. The van der Waals surface area contributed by atoms with E-state index in [0.29, 0.717) is 17.5 Å². The summed E-state index contributed by atoms with van der Waals surface area (Å²) in [5, 5.41) is 16.1. The van der Waals surface area contributed by atoms with Crippen LogP contribution in [0.3, 0.4) is 0 Å². The number of benzene rings is 11. The number of rotatable bonds is 4. The average molecular weight is 815 g/mol. The van der Waals surface area contributed by atoms with Gasteiger partial charge in [0.05, 0.1) is 11.0 Å². The van der Waals surface area contributed by atoms with Gasteiger partial charge in [0.15, 0.2) is 17.5 Å². The van der Waals surface area contributed by atoms with Crippen LogP contribution in [0.2, 0.25) is 0 Å². The minimum atomic E-state index is 0.597. The summed E-state index contributed by atoms with van der Waals surface area (Å²) in [6, 6.07) is 73.4. The summed E-state index contributed by atoms with van der Waals surface area (Å²) in [5.41, 5.74) is 7.89. The Labute approximate surface area is 366 Å². The summed E-state index contributed by atoms with van der Waals surface area (Å²) in [7, 11) is 0. The van der Waals surface area contributed by atoms with Gasteiger partial charge in [-0.25, -0.2) is 15.0 Å². The summed E-state index contributed by atoms with van der Waals surface area (Å²) in [4.78, 5) is 15.9. The number of aromatic nitrogens is 4. The number of fused-ring (bicyclic) bond motifs is 13. The average Bonchev–Trinajstić information content (AvgIpc) is 3.90. The van der Waals surface area contributed by atoms with E-state index in [9.17, 15) is 0 Å². The van der Waals surface area contributed by atoms with Crippen molar-refractivity contribution in [3.05, 3.63) is 206 Å². The molecule has 5 heteroatoms. The van der Waals surface area contributed by atoms with Gasteiger partial charge in [0, 0.05) is 43.9 Å². The van der Waals surface area contributed by atoms with E-state index in [1.165, 1.54) is 38.0 Å². The highest BCUT2D eigenvalue weighted by atomic mass is 16.3. The molecule has 0 radical (unpaired) electrons. The normalized spacial score (nSPS) is 12.1. The molecule has 0 amide bonds. The Morgan fingerprint density at radius 3 is 1.80 bits per heavy atom. The zero-order chi connectivity index (χ0) is 41.9. The lowest BCUT2D eigenvalue weighted by Gasteiger charge is -2.13. The first-order valence-corrected chi connectivity index (χ1v) is 21.7. The number of furan rings is 1. The SMILES string of the molecule is c1ccc2cc3c(cc2c1)c1ccccc1n3-c1ccc2ccc3oc4ccc(-c5nc(-c6cccc7ccccc67)nc(-c6cc7ccccc7c7ccccc67)n5)cc4c3c2c1. The standard InChI is InChI=1S/C59H34N4O/c1-2-14-38-33-53-49(30-37(38)13-1)46-21-9-10-23-52(46)63(53)41-27-24-36-25-29-55-56(48(36)34-41)51-32-40(26-28-54(51)64-55)57-60-58(47-22-11-16-35-12-3-5-17-42(35)47)62-59(61-57)50-31-39-15-4-6-18-43(39)44-19-7-8-20-45(44)50/h1-34H. The van der Waals surface area contributed by atoms with Gasteiger partial charge in [-0.05, 0) is 115 Å². The van der Waals surface area contributed by atoms with Gasteiger partial charge in [0.1, 0.15) is 11.2 Å². The molecule has 0 saturated carbocycles. The predicted octanol–water partition coefficient (Wildman–Crippen LogP) is 15.6. The highest BCUT2D eigenvalue weighted by molar-refractivity contribution is 6.20. The lowest BCUT2D eigenvalue weighted by Crippen LogP contribution is -2.01. The maximum absolute atomic E-state index is 6.63. The van der Waals surface area contributed by atoms with E-state index in [2.05, 4.69) is 211 Å². The van der Waals surface area contributed by atoms with Crippen molar-refractivity contribution < 1.29 is 4.42 Å². The molecule has 0 N–H and O–H groups in total. The van der Waals surface area contributed by atoms with Gasteiger partial charge in [-0.2, -0.15) is 0 Å². The van der Waals surface area contributed by atoms with Crippen molar-refractivity contribution in [2.45, 2.75) is 0 Å². The Bertz CT molecular complexity index is 4270. The summed E-state index contributed by atoms with van der Waals surface area (Å²) >= 11 is 0. The maximum atomic E-state index is 6.63. The molecule has 64 heavy (non-hydrogen) atoms. The van der Waals surface area contributed by atoms with Crippen molar-refractivity contribution in [3.8, 4) is 39.9 Å². The van der Waals surface area contributed by atoms with Crippen LogP contribution in [0.5, 0.6) is 0 Å². The second-order valence-electron chi connectivity index (χ2n) is 16.7. The zero-order valence-electron chi connectivity index (χ0n) is 34.3. The third kappa shape index (κ3) is 5.22. The second-order valence-corrected chi connectivity index (χ2v) is 16.7. The summed E-state index contributed by atoms with van der Waals surface area (Å²) in [6.07, 6.45) is 0. The topological polar surface area (TPSA) is 56.7 Å². The van der Waals surface area contributed by atoms with Gasteiger partial charge in [0.25, 0.3) is 0 Å². The highest BCUT2D eigenvalue weighted by Gasteiger charge is 2.20. The van der Waals surface area contributed by atoms with Crippen molar-refractivity contribution in [2.75, 3.05) is 0 Å². The maximum Gasteiger partial charge on any atom is 0.164 e. The molecule has 0 bridgehead atoms. The fourth-order valence-electron chi connectivity index (χ4n) is 10.2. The van der Waals surface area contributed by atoms with Crippen molar-refractivity contribution in [2.24, 2.45) is 0 Å². The van der Waals surface area contributed by atoms with Crippen LogP contribution in [-0.4, -0.2) is 19.5 Å². The molecule has 0 aliphatic rings. The van der Waals surface area contributed by atoms with Crippen LogP contribution in [0, 0.1) is 0 Å². The highest BCUT2D eigenvalue weighted by Crippen LogP contribution is 2.41. The van der Waals surface area contributed by atoms with Gasteiger partial charge in [-0.15, -0.1) is 0 Å². The monoisotopic (exact) mass is 814 g/mol. The Hall–Kier alpha value is -8.67. The van der Waals surface area contributed by atoms with Crippen LogP contribution in [0.15, 0.2) is 211 Å². The molecule has 0 aliphatic heterocycles. The summed E-state index contributed by atoms with van der Waals surface area (Å²) in [6.45, 7) is 0. The van der Waals surface area contributed by atoms with E-state index in [0.717, 1.165) is 82.0 Å². The number of hydrogen-bond donors (Lipinski definition) is 0. The Balaban J connectivity index is 1.01. The van der Waals surface area contributed by atoms with E-state index in [4.69, 9.17) is 19.4 Å². The van der Waals surface area contributed by atoms with Crippen LogP contribution >= 0.6 is 0 Å². The van der Waals surface area contributed by atoms with Gasteiger partial charge >= 0.3 is 0 Å². The molecule has 11 aromatic carbocycles. The minimum absolute atomic E-state index is 0.597. The summed E-state index contributed by atoms with van der Waals surface area (Å²) < 4.78 is 9.04. The lowest BCUT2D eigenvalue weighted by atomic mass is 9.96. The molecule has 0 saturated heterocycles. The van der Waals surface area contributed by atoms with Gasteiger partial charge < -0.3 is 8.98 Å². The molecule has 5 nitrogen and oxygen atoms in total. The summed E-state index contributed by atoms with van der Waals surface area (Å²) in [5.74, 6) is 1.85. The molecule has 0 spiro atoms. The van der Waals surface area contributed by atoms with Crippen LogP contribution in [0.1, 0.15) is 0 Å². The molecule has 14 rings (SSSR count). The van der Waals surface area contributed by atoms with Crippen molar-refractivity contribution >= 4 is 97.6 Å². The second kappa shape index (κ2) is 13.4. The molecular formula is C59H34N4O. The Morgan fingerprint density at radius 2 is 0.938 bits per heavy atom. The van der Waals surface area contributed by atoms with Crippen LogP contribution in [-0.2, 0) is 0 Å². The third-order valence-electron chi connectivity index (χ3n) is 13.2. The Kier molecular flexibility index (Phi) is 7.33. The van der Waals surface area contributed by atoms with Gasteiger partial charge in [-0.3, -0.25) is 0 Å². The molecule has 3 aromatic heterocycles. The van der Waals surface area contributed by atoms with Gasteiger partial charge in [-0.1, -0.05) is 146 Å². The smallest absolute Gasteiger partial charge is 0.164 e. The molecular weight excluding hydrogens is 781 g/mol. The fourth-order valence-corrected chi connectivity index (χ4v) is 10.2. The van der Waals surface area contributed by atoms with Crippen molar-refractivity contribution in [1.29, 1.82) is 0 Å². The largest absolute Gasteiger partial charge is 0.456 e. The van der Waals surface area contributed by atoms with E-state index >= 15 is 0 Å². The molecule has 296 valence electrons. The third-order valence-corrected chi connectivity index (χ3v) is 13.2. The number of nitrogens with zero attached hydrogens (tertiary/aromatic N) is 4. The molecule has 14 aromatic rings. The Morgan fingerprint density at radius 1 is 0.312 bits per heavy atom. The van der Waals surface area contributed by atoms with Crippen LogP contribution in [0.25, 0.3) is 137 Å². The van der Waals surface area contributed by atoms with E-state index in [1.54, 1.807) is 0 Å². The van der Waals surface area contributed by atoms with E-state index in [-0.39, 0.29) is 0 Å². The lowest BCUT2D eigenvalue weighted by molar-refractivity contribution is 0.669. The minimum Gasteiger partial charge on any atom is -0.456 e. The molecule has 3 heterocycles. The first kappa shape index (κ1) is 35.0. The molecule has 0 unspecified atom stereocenters. The zero-order valence-corrected chi connectivity index (χ0v) is 34.3. The quantitative estimate of drug-likeness (QED) is 0.166. The van der Waals surface area contributed by atoms with Gasteiger partial charge in [0.2, 0.25) is 0 Å². The fraction of sp³-hybridized carbons (Fsp3) is 0. The van der Waals surface area contributed by atoms with E-state index < -0.39 is 0 Å². The molecule has 0 aliphatic carbocycles.